The van der Waals surface area contributed by atoms with E-state index in [-0.39, 0.29) is 31.1 Å². The van der Waals surface area contributed by atoms with Crippen molar-refractivity contribution in [3.63, 3.8) is 0 Å². The van der Waals surface area contributed by atoms with E-state index in [4.69, 9.17) is 5.73 Å². The van der Waals surface area contributed by atoms with E-state index in [9.17, 15) is 23.2 Å². The van der Waals surface area contributed by atoms with Gasteiger partial charge in [0, 0.05) is 38.4 Å². The quantitative estimate of drug-likeness (QED) is 0.395. The summed E-state index contributed by atoms with van der Waals surface area (Å²) < 4.78 is 56.0. The number of carbonyl (C=O) groups excluding carboxylic acids is 1. The molecule has 5 rings (SSSR count). The second-order valence-corrected chi connectivity index (χ2v) is 10.2. The number of hydrogen-bond donors (Lipinski definition) is 1. The molecule has 0 spiro atoms. The molecule has 3 aromatic rings. The zero-order valence-corrected chi connectivity index (χ0v) is 22.6. The number of rotatable bonds is 8. The number of nitrogens with two attached hydrogens (primary N) is 1. The van der Waals surface area contributed by atoms with Crippen LogP contribution < -0.4 is 10.6 Å². The highest BCUT2D eigenvalue weighted by molar-refractivity contribution is 5.89. The van der Waals surface area contributed by atoms with E-state index < -0.39 is 28.9 Å². The van der Waals surface area contributed by atoms with E-state index in [2.05, 4.69) is 16.0 Å². The van der Waals surface area contributed by atoms with Gasteiger partial charge in [-0.2, -0.15) is 18.4 Å². The van der Waals surface area contributed by atoms with E-state index in [0.29, 0.717) is 43.0 Å². The van der Waals surface area contributed by atoms with Crippen LogP contribution in [0, 0.1) is 22.6 Å². The molecule has 0 atom stereocenters. The van der Waals surface area contributed by atoms with Crippen molar-refractivity contribution in [2.24, 2.45) is 11.1 Å². The first-order valence-electron chi connectivity index (χ1n) is 13.4. The third kappa shape index (κ3) is 6.36. The predicted molar refractivity (Wildman–Crippen MR) is 142 cm³/mol. The molecule has 0 radical (unpaired) electrons. The van der Waals surface area contributed by atoms with Crippen LogP contribution in [0.3, 0.4) is 0 Å². The summed E-state index contributed by atoms with van der Waals surface area (Å²) in [6, 6.07) is 7.45. The summed E-state index contributed by atoms with van der Waals surface area (Å²) >= 11 is 0. The van der Waals surface area contributed by atoms with Gasteiger partial charge in [-0.05, 0) is 43.4 Å². The highest BCUT2D eigenvalue weighted by atomic mass is 19.4. The van der Waals surface area contributed by atoms with Gasteiger partial charge in [-0.3, -0.25) is 9.69 Å². The highest BCUT2D eigenvalue weighted by Crippen LogP contribution is 2.39. The molecule has 2 aliphatic rings. The summed E-state index contributed by atoms with van der Waals surface area (Å²) in [6.45, 7) is 5.70. The maximum Gasteiger partial charge on any atom is 0.416 e. The van der Waals surface area contributed by atoms with Gasteiger partial charge in [-0.15, -0.1) is 0 Å². The number of piperidine rings is 1. The summed E-state index contributed by atoms with van der Waals surface area (Å²) in [5.74, 6) is -0.558. The lowest BCUT2D eigenvalue weighted by atomic mass is 9.79. The number of anilines is 1. The number of aromatic nitrogens is 3. The number of amides is 1. The average Bonchev–Trinajstić information content (AvgIpc) is 3.73. The number of carbonyl (C=O) groups is 1. The highest BCUT2D eigenvalue weighted by Gasteiger charge is 2.37. The molecule has 12 heteroatoms. The van der Waals surface area contributed by atoms with Gasteiger partial charge in [-0.25, -0.2) is 14.4 Å². The molecule has 1 amide bonds. The Morgan fingerprint density at radius 2 is 1.82 bits per heavy atom. The number of halogens is 4. The number of hydrogen-bond acceptors (Lipinski definition) is 6. The second-order valence-electron chi connectivity index (χ2n) is 10.2. The van der Waals surface area contributed by atoms with Crippen molar-refractivity contribution in [3.8, 4) is 6.07 Å². The fraction of sp³-hybridized carbons (Fsp3) is 0.500. The van der Waals surface area contributed by atoms with Gasteiger partial charge in [0.15, 0.2) is 5.82 Å². The smallest absolute Gasteiger partial charge is 0.369 e. The molecule has 1 aromatic carbocycles. The van der Waals surface area contributed by atoms with Gasteiger partial charge in [0.05, 0.1) is 29.0 Å². The minimum absolute atomic E-state index is 0.0955. The maximum absolute atomic E-state index is 15.4. The minimum Gasteiger partial charge on any atom is -0.369 e. The minimum atomic E-state index is -4.42. The third-order valence-corrected chi connectivity index (χ3v) is 7.38. The fourth-order valence-electron chi connectivity index (χ4n) is 5.15. The first-order chi connectivity index (χ1) is 19.1. The van der Waals surface area contributed by atoms with Crippen LogP contribution in [0.25, 0.3) is 11.0 Å². The van der Waals surface area contributed by atoms with E-state index in [1.165, 1.54) is 24.7 Å². The molecule has 0 unspecified atom stereocenters. The summed E-state index contributed by atoms with van der Waals surface area (Å²) in [6.07, 6.45) is 1.00. The van der Waals surface area contributed by atoms with Gasteiger partial charge >= 0.3 is 6.18 Å². The first kappa shape index (κ1) is 29.3. The van der Waals surface area contributed by atoms with Crippen LogP contribution in [0.5, 0.6) is 0 Å². The van der Waals surface area contributed by atoms with E-state index in [0.717, 1.165) is 25.0 Å². The number of likely N-dealkylation sites (tertiary alicyclic amines) is 1. The summed E-state index contributed by atoms with van der Waals surface area (Å²) in [7, 11) is 0. The number of nitriles is 1. The van der Waals surface area contributed by atoms with Crippen LogP contribution in [-0.2, 0) is 24.1 Å². The fourth-order valence-corrected chi connectivity index (χ4v) is 5.15. The second kappa shape index (κ2) is 11.8. The van der Waals surface area contributed by atoms with Crippen molar-refractivity contribution < 1.29 is 22.4 Å². The van der Waals surface area contributed by atoms with Crippen LogP contribution in [-0.4, -0.2) is 51.0 Å². The molecular formula is C28H33F4N7O. The topological polar surface area (TPSA) is 104 Å². The molecule has 1 saturated heterocycles. The van der Waals surface area contributed by atoms with Crippen molar-refractivity contribution in [2.45, 2.75) is 64.8 Å². The Morgan fingerprint density at radius 3 is 2.38 bits per heavy atom. The van der Waals surface area contributed by atoms with Crippen molar-refractivity contribution in [1.29, 1.82) is 5.26 Å². The maximum atomic E-state index is 15.4. The van der Waals surface area contributed by atoms with Gasteiger partial charge in [0.2, 0.25) is 5.91 Å². The average molecular weight is 560 g/mol. The Hall–Kier alpha value is -3.72. The van der Waals surface area contributed by atoms with Gasteiger partial charge < -0.3 is 15.2 Å². The molecule has 8 nitrogen and oxygen atoms in total. The van der Waals surface area contributed by atoms with Crippen LogP contribution in [0.2, 0.25) is 0 Å². The normalized spacial score (nSPS) is 17.1. The standard InChI is InChI=1S/C26H27F4N7O.C2H6/c27-20-12-36(15-25(14-31)7-9-35(10-8-25)13-21(32)38)23-22(20)24(34-16-33-23)37(19-5-6-19)11-17-1-3-18(4-2-17)26(28,29)30;1-2/h1-4,12,16,19H,5-11,13,15H2,(H2,32,38);1-2H3. The van der Waals surface area contributed by atoms with Crippen molar-refractivity contribution >= 4 is 22.8 Å². The number of primary amides is 1. The molecule has 1 aliphatic heterocycles. The van der Waals surface area contributed by atoms with Gasteiger partial charge in [0.25, 0.3) is 0 Å². The molecule has 1 aliphatic carbocycles. The number of benzene rings is 1. The van der Waals surface area contributed by atoms with Gasteiger partial charge in [-0.1, -0.05) is 26.0 Å². The van der Waals surface area contributed by atoms with Crippen molar-refractivity contribution in [2.75, 3.05) is 24.5 Å². The number of alkyl halides is 3. The van der Waals surface area contributed by atoms with E-state index in [1.807, 2.05) is 23.6 Å². The molecule has 214 valence electrons. The third-order valence-electron chi connectivity index (χ3n) is 7.38. The van der Waals surface area contributed by atoms with Crippen molar-refractivity contribution in [3.05, 3.63) is 53.7 Å². The predicted octanol–water partition coefficient (Wildman–Crippen LogP) is 4.88. The lowest BCUT2D eigenvalue weighted by Crippen LogP contribution is -2.44. The molecule has 2 fully saturated rings. The van der Waals surface area contributed by atoms with Crippen LogP contribution in [0.4, 0.5) is 23.4 Å². The Morgan fingerprint density at radius 1 is 1.18 bits per heavy atom. The lowest BCUT2D eigenvalue weighted by Gasteiger charge is -2.37. The largest absolute Gasteiger partial charge is 0.416 e. The molecule has 2 N–H and O–H groups in total. The molecular weight excluding hydrogens is 526 g/mol. The van der Waals surface area contributed by atoms with E-state index >= 15 is 4.39 Å². The van der Waals surface area contributed by atoms with Crippen molar-refractivity contribution in [1.82, 2.24) is 19.4 Å². The Kier molecular flexibility index (Phi) is 8.63. The Bertz CT molecular complexity index is 1370. The summed E-state index contributed by atoms with van der Waals surface area (Å²) in [4.78, 5) is 23.8. The molecule has 40 heavy (non-hydrogen) atoms. The molecule has 0 bridgehead atoms. The molecule has 1 saturated carbocycles. The monoisotopic (exact) mass is 559 g/mol. The van der Waals surface area contributed by atoms with Crippen LogP contribution >= 0.6 is 0 Å². The zero-order chi connectivity index (χ0) is 29.1. The van der Waals surface area contributed by atoms with Crippen LogP contribution in [0.15, 0.2) is 36.8 Å². The SMILES string of the molecule is CC.N#CC1(Cn2cc(F)c3c(N(Cc4ccc(C(F)(F)F)cc4)C4CC4)ncnc32)CCN(CC(N)=O)CC1. The number of fused-ring (bicyclic) bond motifs is 1. The van der Waals surface area contributed by atoms with Gasteiger partial charge in [0.1, 0.15) is 17.8 Å². The van der Waals surface area contributed by atoms with E-state index in [1.54, 1.807) is 4.57 Å². The first-order valence-corrected chi connectivity index (χ1v) is 13.4. The molecule has 2 aromatic heterocycles. The summed E-state index contributed by atoms with van der Waals surface area (Å²) in [5, 5.41) is 10.3. The Balaban J connectivity index is 0.00000181. The zero-order valence-electron chi connectivity index (χ0n) is 22.6. The van der Waals surface area contributed by atoms with Crippen LogP contribution in [0.1, 0.15) is 50.7 Å². The Labute approximate surface area is 230 Å². The lowest BCUT2D eigenvalue weighted by molar-refractivity contribution is -0.137. The number of nitrogens with zero attached hydrogens (tertiary/aromatic N) is 6. The molecule has 3 heterocycles. The summed E-state index contributed by atoms with van der Waals surface area (Å²) in [5.41, 5.74) is 4.83.